The Labute approximate surface area is 128 Å². The maximum absolute atomic E-state index is 10.1. The zero-order valence-electron chi connectivity index (χ0n) is 12.3. The number of phenols is 1. The molecule has 0 amide bonds. The van der Waals surface area contributed by atoms with Gasteiger partial charge < -0.3 is 9.84 Å². The molecule has 1 atom stereocenters. The Morgan fingerprint density at radius 3 is 3.05 bits per heavy atom. The SMILES string of the molecule is COc1cc2c(cc1O)C1Cc3scc(C)c3CN1CC2. The Kier molecular flexibility index (Phi) is 2.98. The lowest BCUT2D eigenvalue weighted by atomic mass is 9.86. The molecule has 2 aromatic rings. The Hall–Kier alpha value is -1.52. The Balaban J connectivity index is 1.77. The van der Waals surface area contributed by atoms with E-state index in [1.165, 1.54) is 27.1 Å². The van der Waals surface area contributed by atoms with Gasteiger partial charge >= 0.3 is 0 Å². The Morgan fingerprint density at radius 1 is 1.38 bits per heavy atom. The summed E-state index contributed by atoms with van der Waals surface area (Å²) >= 11 is 1.88. The molecule has 0 saturated carbocycles. The van der Waals surface area contributed by atoms with E-state index in [0.717, 1.165) is 25.9 Å². The van der Waals surface area contributed by atoms with Crippen LogP contribution in [0.25, 0.3) is 0 Å². The molecule has 110 valence electrons. The molecule has 1 unspecified atom stereocenters. The largest absolute Gasteiger partial charge is 0.504 e. The van der Waals surface area contributed by atoms with Gasteiger partial charge in [-0.3, -0.25) is 4.90 Å². The molecular weight excluding hydrogens is 282 g/mol. The van der Waals surface area contributed by atoms with E-state index in [9.17, 15) is 5.11 Å². The number of hydrogen-bond acceptors (Lipinski definition) is 4. The quantitative estimate of drug-likeness (QED) is 0.876. The van der Waals surface area contributed by atoms with E-state index in [2.05, 4.69) is 17.2 Å². The molecular formula is C17H19NO2S. The Morgan fingerprint density at radius 2 is 2.24 bits per heavy atom. The van der Waals surface area contributed by atoms with Crippen molar-refractivity contribution in [3.05, 3.63) is 44.6 Å². The molecule has 0 bridgehead atoms. The second-order valence-corrected chi connectivity index (χ2v) is 6.95. The van der Waals surface area contributed by atoms with Crippen LogP contribution in [0.3, 0.4) is 0 Å². The lowest BCUT2D eigenvalue weighted by molar-refractivity contribution is 0.162. The van der Waals surface area contributed by atoms with E-state index in [1.807, 2.05) is 23.5 Å². The van der Waals surface area contributed by atoms with Crippen LogP contribution in [-0.2, 0) is 19.4 Å². The molecule has 4 rings (SSSR count). The summed E-state index contributed by atoms with van der Waals surface area (Å²) < 4.78 is 5.25. The maximum atomic E-state index is 10.1. The monoisotopic (exact) mass is 301 g/mol. The van der Waals surface area contributed by atoms with Gasteiger partial charge in [-0.05, 0) is 53.1 Å². The van der Waals surface area contributed by atoms with Gasteiger partial charge in [0.15, 0.2) is 11.5 Å². The zero-order chi connectivity index (χ0) is 14.6. The molecule has 3 heterocycles. The number of rotatable bonds is 1. The fourth-order valence-corrected chi connectivity index (χ4v) is 4.73. The van der Waals surface area contributed by atoms with Crippen molar-refractivity contribution >= 4 is 11.3 Å². The highest BCUT2D eigenvalue weighted by Crippen LogP contribution is 2.43. The van der Waals surface area contributed by atoms with Crippen molar-refractivity contribution in [3.63, 3.8) is 0 Å². The van der Waals surface area contributed by atoms with E-state index >= 15 is 0 Å². The van der Waals surface area contributed by atoms with E-state index in [0.29, 0.717) is 11.8 Å². The van der Waals surface area contributed by atoms with E-state index in [-0.39, 0.29) is 5.75 Å². The van der Waals surface area contributed by atoms with Crippen molar-refractivity contribution in [2.24, 2.45) is 0 Å². The molecule has 1 aromatic heterocycles. The van der Waals surface area contributed by atoms with Crippen LogP contribution in [-0.4, -0.2) is 23.7 Å². The first-order valence-electron chi connectivity index (χ1n) is 7.37. The molecule has 2 aliphatic rings. The van der Waals surface area contributed by atoms with Gasteiger partial charge in [0, 0.05) is 30.4 Å². The van der Waals surface area contributed by atoms with Crippen LogP contribution in [0.5, 0.6) is 11.5 Å². The highest BCUT2D eigenvalue weighted by Gasteiger charge is 2.34. The molecule has 0 aliphatic carbocycles. The minimum atomic E-state index is 0.256. The molecule has 0 saturated heterocycles. The van der Waals surface area contributed by atoms with Gasteiger partial charge in [0.05, 0.1) is 7.11 Å². The maximum Gasteiger partial charge on any atom is 0.160 e. The number of fused-ring (bicyclic) bond motifs is 4. The van der Waals surface area contributed by atoms with Crippen LogP contribution in [0.1, 0.15) is 33.2 Å². The smallest absolute Gasteiger partial charge is 0.160 e. The van der Waals surface area contributed by atoms with E-state index in [4.69, 9.17) is 4.74 Å². The standard InChI is InChI=1S/C17H19NO2S/c1-10-9-21-17-7-14-12-6-15(19)16(20-2)5-11(12)3-4-18(14)8-13(10)17/h5-6,9,14,19H,3-4,7-8H2,1-2H3. The number of benzene rings is 1. The first-order chi connectivity index (χ1) is 10.2. The first-order valence-corrected chi connectivity index (χ1v) is 8.25. The fourth-order valence-electron chi connectivity index (χ4n) is 3.65. The average Bonchev–Trinajstić information content (AvgIpc) is 2.85. The third-order valence-electron chi connectivity index (χ3n) is 4.84. The summed E-state index contributed by atoms with van der Waals surface area (Å²) in [6.45, 7) is 4.34. The third kappa shape index (κ3) is 1.97. The van der Waals surface area contributed by atoms with Crippen LogP contribution in [0.15, 0.2) is 17.5 Å². The topological polar surface area (TPSA) is 32.7 Å². The van der Waals surface area contributed by atoms with Crippen molar-refractivity contribution in [1.29, 1.82) is 0 Å². The second-order valence-electron chi connectivity index (χ2n) is 5.98. The number of aryl methyl sites for hydroxylation is 1. The number of aromatic hydroxyl groups is 1. The summed E-state index contributed by atoms with van der Waals surface area (Å²) in [5, 5.41) is 12.4. The van der Waals surface area contributed by atoms with E-state index < -0.39 is 0 Å². The van der Waals surface area contributed by atoms with Gasteiger partial charge in [0.2, 0.25) is 0 Å². The Bertz CT molecular complexity index is 707. The van der Waals surface area contributed by atoms with Crippen LogP contribution >= 0.6 is 11.3 Å². The molecule has 3 nitrogen and oxygen atoms in total. The lowest BCUT2D eigenvalue weighted by Gasteiger charge is -2.40. The highest BCUT2D eigenvalue weighted by atomic mass is 32.1. The summed E-state index contributed by atoms with van der Waals surface area (Å²) in [6.07, 6.45) is 2.09. The van der Waals surface area contributed by atoms with E-state index in [1.54, 1.807) is 7.11 Å². The molecule has 21 heavy (non-hydrogen) atoms. The number of methoxy groups -OCH3 is 1. The van der Waals surface area contributed by atoms with Gasteiger partial charge in [-0.1, -0.05) is 0 Å². The van der Waals surface area contributed by atoms with Gasteiger partial charge in [0.1, 0.15) is 0 Å². The predicted octanol–water partition coefficient (Wildman–Crippen LogP) is 3.43. The summed E-state index contributed by atoms with van der Waals surface area (Å²) in [4.78, 5) is 4.06. The van der Waals surface area contributed by atoms with Gasteiger partial charge in [0.25, 0.3) is 0 Å². The summed E-state index contributed by atoms with van der Waals surface area (Å²) in [5.74, 6) is 0.844. The first kappa shape index (κ1) is 13.2. The van der Waals surface area contributed by atoms with Crippen LogP contribution in [0, 0.1) is 6.92 Å². The number of phenolic OH excluding ortho intramolecular Hbond substituents is 1. The zero-order valence-corrected chi connectivity index (χ0v) is 13.2. The average molecular weight is 301 g/mol. The molecule has 4 heteroatoms. The molecule has 2 aliphatic heterocycles. The van der Waals surface area contributed by atoms with Gasteiger partial charge in [-0.2, -0.15) is 0 Å². The van der Waals surface area contributed by atoms with Crippen LogP contribution < -0.4 is 4.74 Å². The van der Waals surface area contributed by atoms with Crippen molar-refractivity contribution in [2.75, 3.05) is 13.7 Å². The molecule has 0 radical (unpaired) electrons. The van der Waals surface area contributed by atoms with Crippen LogP contribution in [0.2, 0.25) is 0 Å². The number of thiophene rings is 1. The molecule has 0 spiro atoms. The number of ether oxygens (including phenoxy) is 1. The van der Waals surface area contributed by atoms with Gasteiger partial charge in [-0.15, -0.1) is 11.3 Å². The molecule has 0 fully saturated rings. The minimum Gasteiger partial charge on any atom is -0.504 e. The van der Waals surface area contributed by atoms with Crippen molar-refractivity contribution in [1.82, 2.24) is 4.90 Å². The highest BCUT2D eigenvalue weighted by molar-refractivity contribution is 7.10. The van der Waals surface area contributed by atoms with Crippen molar-refractivity contribution in [2.45, 2.75) is 32.4 Å². The second kappa shape index (κ2) is 4.75. The number of nitrogens with zero attached hydrogens (tertiary/aromatic N) is 1. The predicted molar refractivity (Wildman–Crippen MR) is 84.3 cm³/mol. The normalized spacial score (nSPS) is 20.6. The minimum absolute atomic E-state index is 0.256. The third-order valence-corrected chi connectivity index (χ3v) is 6.01. The fraction of sp³-hybridized carbons (Fsp3) is 0.412. The summed E-state index contributed by atoms with van der Waals surface area (Å²) in [7, 11) is 1.61. The number of hydrogen-bond donors (Lipinski definition) is 1. The van der Waals surface area contributed by atoms with Crippen LogP contribution in [0.4, 0.5) is 0 Å². The molecule has 1 N–H and O–H groups in total. The lowest BCUT2D eigenvalue weighted by Crippen LogP contribution is -2.39. The molecule has 1 aromatic carbocycles. The van der Waals surface area contributed by atoms with Gasteiger partial charge in [-0.25, -0.2) is 0 Å². The van der Waals surface area contributed by atoms with Crippen molar-refractivity contribution < 1.29 is 9.84 Å². The van der Waals surface area contributed by atoms with Crippen molar-refractivity contribution in [3.8, 4) is 11.5 Å². The summed E-state index contributed by atoms with van der Waals surface area (Å²) in [6, 6.07) is 4.32. The summed E-state index contributed by atoms with van der Waals surface area (Å²) in [5.41, 5.74) is 5.55.